The summed E-state index contributed by atoms with van der Waals surface area (Å²) in [6, 6.07) is 1.80. The molecule has 1 aromatic heterocycles. The number of halogens is 2. The van der Waals surface area contributed by atoms with E-state index in [1.54, 1.807) is 6.20 Å². The van der Waals surface area contributed by atoms with Gasteiger partial charge in [0, 0.05) is 31.5 Å². The SMILES string of the molecule is O=C(C1CCC(F)(F)CC1)N1CCC[C@H]1c1ccncn1. The number of hydrogen-bond donors (Lipinski definition) is 0. The largest absolute Gasteiger partial charge is 0.334 e. The number of aromatic nitrogens is 2. The van der Waals surface area contributed by atoms with Crippen LogP contribution in [0, 0.1) is 5.92 Å². The summed E-state index contributed by atoms with van der Waals surface area (Å²) in [5.74, 6) is -2.83. The van der Waals surface area contributed by atoms with Gasteiger partial charge >= 0.3 is 0 Å². The van der Waals surface area contributed by atoms with Gasteiger partial charge < -0.3 is 4.90 Å². The molecule has 2 fully saturated rings. The molecule has 0 aromatic carbocycles. The van der Waals surface area contributed by atoms with Gasteiger partial charge in [0.1, 0.15) is 6.33 Å². The van der Waals surface area contributed by atoms with Gasteiger partial charge in [0.25, 0.3) is 0 Å². The second kappa shape index (κ2) is 5.66. The quantitative estimate of drug-likeness (QED) is 0.842. The van der Waals surface area contributed by atoms with Gasteiger partial charge in [-0.05, 0) is 31.7 Å². The molecule has 0 radical (unpaired) electrons. The Bertz CT molecular complexity index is 499. The summed E-state index contributed by atoms with van der Waals surface area (Å²) in [6.07, 6.45) is 5.21. The topological polar surface area (TPSA) is 46.1 Å². The van der Waals surface area contributed by atoms with E-state index in [-0.39, 0.29) is 30.7 Å². The van der Waals surface area contributed by atoms with Gasteiger partial charge in [-0.25, -0.2) is 18.7 Å². The van der Waals surface area contributed by atoms with Crippen LogP contribution in [0.4, 0.5) is 8.78 Å². The third-order valence-corrected chi connectivity index (χ3v) is 4.55. The molecule has 1 saturated heterocycles. The van der Waals surface area contributed by atoms with E-state index in [4.69, 9.17) is 0 Å². The molecule has 1 saturated carbocycles. The molecule has 6 heteroatoms. The van der Waals surface area contributed by atoms with E-state index in [1.807, 2.05) is 11.0 Å². The fraction of sp³-hybridized carbons (Fsp3) is 0.667. The summed E-state index contributed by atoms with van der Waals surface area (Å²) in [7, 11) is 0. The molecular formula is C15H19F2N3O. The first-order chi connectivity index (χ1) is 10.1. The predicted octanol–water partition coefficient (Wildman–Crippen LogP) is 2.97. The van der Waals surface area contributed by atoms with E-state index in [1.165, 1.54) is 6.33 Å². The molecule has 0 bridgehead atoms. The Labute approximate surface area is 122 Å². The van der Waals surface area contributed by atoms with E-state index in [0.29, 0.717) is 19.4 Å². The predicted molar refractivity (Wildman–Crippen MR) is 72.6 cm³/mol. The normalized spacial score (nSPS) is 26.0. The molecule has 1 atom stereocenters. The zero-order valence-corrected chi connectivity index (χ0v) is 11.8. The Morgan fingerprint density at radius 2 is 2.05 bits per heavy atom. The molecule has 0 unspecified atom stereocenters. The molecule has 2 aliphatic rings. The van der Waals surface area contributed by atoms with Gasteiger partial charge in [-0.2, -0.15) is 0 Å². The van der Waals surface area contributed by atoms with Crippen molar-refractivity contribution in [2.75, 3.05) is 6.54 Å². The maximum Gasteiger partial charge on any atom is 0.248 e. The summed E-state index contributed by atoms with van der Waals surface area (Å²) in [6.45, 7) is 0.695. The minimum Gasteiger partial charge on any atom is -0.334 e. The van der Waals surface area contributed by atoms with Gasteiger partial charge in [-0.1, -0.05) is 0 Å². The van der Waals surface area contributed by atoms with Crippen molar-refractivity contribution < 1.29 is 13.6 Å². The third kappa shape index (κ3) is 3.04. The van der Waals surface area contributed by atoms with E-state index in [2.05, 4.69) is 9.97 Å². The zero-order valence-electron chi connectivity index (χ0n) is 11.8. The first kappa shape index (κ1) is 14.4. The van der Waals surface area contributed by atoms with Gasteiger partial charge in [0.2, 0.25) is 11.8 Å². The van der Waals surface area contributed by atoms with Crippen LogP contribution in [0.15, 0.2) is 18.6 Å². The number of rotatable bonds is 2. The first-order valence-electron chi connectivity index (χ1n) is 7.51. The minimum atomic E-state index is -2.59. The lowest BCUT2D eigenvalue weighted by molar-refractivity contribution is -0.140. The maximum absolute atomic E-state index is 13.2. The molecule has 1 amide bonds. The summed E-state index contributed by atoms with van der Waals surface area (Å²) in [5.41, 5.74) is 0.844. The zero-order chi connectivity index (χ0) is 14.9. The molecule has 1 aromatic rings. The van der Waals surface area contributed by atoms with Crippen molar-refractivity contribution in [1.29, 1.82) is 0 Å². The number of likely N-dealkylation sites (tertiary alicyclic amines) is 1. The summed E-state index contributed by atoms with van der Waals surface area (Å²) >= 11 is 0. The van der Waals surface area contributed by atoms with Crippen molar-refractivity contribution in [3.63, 3.8) is 0 Å². The van der Waals surface area contributed by atoms with Gasteiger partial charge in [-0.15, -0.1) is 0 Å². The van der Waals surface area contributed by atoms with Crippen LogP contribution in [0.3, 0.4) is 0 Å². The molecule has 1 aliphatic carbocycles. The second-order valence-electron chi connectivity index (χ2n) is 5.95. The van der Waals surface area contributed by atoms with Gasteiger partial charge in [-0.3, -0.25) is 4.79 Å². The van der Waals surface area contributed by atoms with E-state index < -0.39 is 5.92 Å². The Morgan fingerprint density at radius 1 is 1.29 bits per heavy atom. The highest BCUT2D eigenvalue weighted by atomic mass is 19.3. The number of alkyl halides is 2. The second-order valence-corrected chi connectivity index (χ2v) is 5.95. The molecule has 21 heavy (non-hydrogen) atoms. The van der Waals surface area contributed by atoms with Crippen LogP contribution < -0.4 is 0 Å². The maximum atomic E-state index is 13.2. The van der Waals surface area contributed by atoms with Crippen LogP contribution >= 0.6 is 0 Å². The van der Waals surface area contributed by atoms with Crippen LogP contribution in [-0.2, 0) is 4.79 Å². The fourth-order valence-corrected chi connectivity index (χ4v) is 3.36. The lowest BCUT2D eigenvalue weighted by atomic mass is 9.85. The van der Waals surface area contributed by atoms with E-state index >= 15 is 0 Å². The summed E-state index contributed by atoms with van der Waals surface area (Å²) in [5, 5.41) is 0. The van der Waals surface area contributed by atoms with E-state index in [0.717, 1.165) is 18.5 Å². The van der Waals surface area contributed by atoms with Crippen LogP contribution in [0.2, 0.25) is 0 Å². The van der Waals surface area contributed by atoms with Crippen molar-refractivity contribution in [2.24, 2.45) is 5.92 Å². The van der Waals surface area contributed by atoms with Crippen molar-refractivity contribution in [3.8, 4) is 0 Å². The average molecular weight is 295 g/mol. The number of hydrogen-bond acceptors (Lipinski definition) is 3. The minimum absolute atomic E-state index is 0.0200. The summed E-state index contributed by atoms with van der Waals surface area (Å²) in [4.78, 5) is 22.6. The lowest BCUT2D eigenvalue weighted by Gasteiger charge is -2.32. The Kier molecular flexibility index (Phi) is 3.87. The van der Waals surface area contributed by atoms with Crippen molar-refractivity contribution in [2.45, 2.75) is 50.5 Å². The summed E-state index contributed by atoms with van der Waals surface area (Å²) < 4.78 is 26.4. The number of carbonyl (C=O) groups is 1. The van der Waals surface area contributed by atoms with Crippen LogP contribution in [-0.4, -0.2) is 33.2 Å². The number of amides is 1. The Morgan fingerprint density at radius 3 is 2.71 bits per heavy atom. The highest BCUT2D eigenvalue weighted by Crippen LogP contribution is 2.39. The highest BCUT2D eigenvalue weighted by molar-refractivity contribution is 5.79. The van der Waals surface area contributed by atoms with Gasteiger partial charge in [0.05, 0.1) is 11.7 Å². The number of nitrogens with zero attached hydrogens (tertiary/aromatic N) is 3. The monoisotopic (exact) mass is 295 g/mol. The molecular weight excluding hydrogens is 276 g/mol. The van der Waals surface area contributed by atoms with E-state index in [9.17, 15) is 13.6 Å². The van der Waals surface area contributed by atoms with Crippen molar-refractivity contribution >= 4 is 5.91 Å². The fourth-order valence-electron chi connectivity index (χ4n) is 3.36. The Hall–Kier alpha value is -1.59. The Balaban J connectivity index is 1.69. The average Bonchev–Trinajstić information content (AvgIpc) is 2.97. The van der Waals surface area contributed by atoms with Crippen LogP contribution in [0.25, 0.3) is 0 Å². The molecule has 2 heterocycles. The smallest absolute Gasteiger partial charge is 0.248 e. The number of carbonyl (C=O) groups excluding carboxylic acids is 1. The van der Waals surface area contributed by atoms with Crippen molar-refractivity contribution in [3.05, 3.63) is 24.3 Å². The molecule has 0 N–H and O–H groups in total. The van der Waals surface area contributed by atoms with Gasteiger partial charge in [0.15, 0.2) is 0 Å². The molecule has 3 rings (SSSR count). The van der Waals surface area contributed by atoms with Crippen molar-refractivity contribution in [1.82, 2.24) is 14.9 Å². The third-order valence-electron chi connectivity index (χ3n) is 4.55. The molecule has 1 aliphatic heterocycles. The highest BCUT2D eigenvalue weighted by Gasteiger charge is 2.41. The molecule has 114 valence electrons. The van der Waals surface area contributed by atoms with Crippen LogP contribution in [0.1, 0.15) is 50.3 Å². The molecule has 4 nitrogen and oxygen atoms in total. The standard InChI is InChI=1S/C15H19F2N3O/c16-15(17)6-3-11(4-7-15)14(21)20-9-1-2-13(20)12-5-8-18-10-19-12/h5,8,10-11,13H,1-4,6-7,9H2/t13-/m0/s1. The molecule has 0 spiro atoms. The van der Waals surface area contributed by atoms with Crippen LogP contribution in [0.5, 0.6) is 0 Å². The first-order valence-corrected chi connectivity index (χ1v) is 7.51. The lowest BCUT2D eigenvalue weighted by Crippen LogP contribution is -2.39.